The first kappa shape index (κ1) is 13.0. The van der Waals surface area contributed by atoms with E-state index in [0.717, 1.165) is 31.2 Å². The average molecular weight is 302 g/mol. The molecule has 2 rings (SSSR count). The van der Waals surface area contributed by atoms with Crippen molar-refractivity contribution in [2.45, 2.75) is 44.4 Å². The lowest BCUT2D eigenvalue weighted by Gasteiger charge is -2.26. The highest BCUT2D eigenvalue weighted by molar-refractivity contribution is 9.10. The summed E-state index contributed by atoms with van der Waals surface area (Å²) < 4.78 is 19.6. The van der Waals surface area contributed by atoms with Crippen molar-refractivity contribution >= 4 is 15.9 Å². The molecule has 1 aromatic carbocycles. The van der Waals surface area contributed by atoms with E-state index in [-0.39, 0.29) is 18.0 Å². The average Bonchev–Trinajstić information content (AvgIpc) is 2.31. The van der Waals surface area contributed by atoms with Crippen molar-refractivity contribution in [1.82, 2.24) is 0 Å². The molecule has 1 aliphatic carbocycles. The van der Waals surface area contributed by atoms with Crippen LogP contribution >= 0.6 is 15.9 Å². The lowest BCUT2D eigenvalue weighted by molar-refractivity contribution is 0.0119. The summed E-state index contributed by atoms with van der Waals surface area (Å²) in [6.45, 7) is 0.440. The highest BCUT2D eigenvalue weighted by Gasteiger charge is 2.20. The first-order valence-electron chi connectivity index (χ1n) is 5.97. The molecule has 0 spiro atoms. The lowest BCUT2D eigenvalue weighted by Crippen LogP contribution is -2.32. The molecule has 1 aromatic rings. The summed E-state index contributed by atoms with van der Waals surface area (Å²) in [6.07, 6.45) is 4.39. The fourth-order valence-corrected chi connectivity index (χ4v) is 2.58. The molecule has 94 valence electrons. The lowest BCUT2D eigenvalue weighted by atomic mass is 9.93. The monoisotopic (exact) mass is 301 g/mol. The number of hydrogen-bond donors (Lipinski definition) is 1. The van der Waals surface area contributed by atoms with Crippen LogP contribution < -0.4 is 5.73 Å². The van der Waals surface area contributed by atoms with Gasteiger partial charge in [-0.3, -0.25) is 0 Å². The Balaban J connectivity index is 1.91. The maximum Gasteiger partial charge on any atom is 0.137 e. The van der Waals surface area contributed by atoms with Gasteiger partial charge in [-0.25, -0.2) is 4.39 Å². The minimum Gasteiger partial charge on any atom is -0.373 e. The topological polar surface area (TPSA) is 35.2 Å². The molecule has 17 heavy (non-hydrogen) atoms. The van der Waals surface area contributed by atoms with Crippen molar-refractivity contribution in [2.24, 2.45) is 5.73 Å². The summed E-state index contributed by atoms with van der Waals surface area (Å²) in [7, 11) is 0. The van der Waals surface area contributed by atoms with Gasteiger partial charge in [-0.15, -0.1) is 0 Å². The predicted molar refractivity (Wildman–Crippen MR) is 69.1 cm³/mol. The van der Waals surface area contributed by atoms with Gasteiger partial charge < -0.3 is 10.5 Å². The predicted octanol–water partition coefficient (Wildman–Crippen LogP) is 3.37. The molecule has 1 fully saturated rings. The third-order valence-corrected chi connectivity index (χ3v) is 4.06. The van der Waals surface area contributed by atoms with Crippen molar-refractivity contribution in [3.05, 3.63) is 34.1 Å². The van der Waals surface area contributed by atoms with Crippen molar-refractivity contribution in [3.63, 3.8) is 0 Å². The number of ether oxygens (including phenoxy) is 1. The molecule has 2 N–H and O–H groups in total. The largest absolute Gasteiger partial charge is 0.373 e. The van der Waals surface area contributed by atoms with Gasteiger partial charge in [0.2, 0.25) is 0 Å². The normalized spacial score (nSPS) is 24.9. The van der Waals surface area contributed by atoms with E-state index in [1.807, 2.05) is 6.07 Å². The fourth-order valence-electron chi connectivity index (χ4n) is 2.20. The molecule has 4 heteroatoms. The van der Waals surface area contributed by atoms with Crippen LogP contribution in [-0.2, 0) is 11.3 Å². The molecule has 1 saturated carbocycles. The van der Waals surface area contributed by atoms with E-state index < -0.39 is 0 Å². The molecule has 2 unspecified atom stereocenters. The second kappa shape index (κ2) is 5.94. The third-order valence-electron chi connectivity index (χ3n) is 3.17. The van der Waals surface area contributed by atoms with Gasteiger partial charge in [-0.2, -0.15) is 0 Å². The summed E-state index contributed by atoms with van der Waals surface area (Å²) in [6, 6.07) is 5.26. The maximum atomic E-state index is 13.3. The number of halogens is 2. The molecule has 2 atom stereocenters. The zero-order chi connectivity index (χ0) is 12.3. The van der Waals surface area contributed by atoms with Crippen LogP contribution in [-0.4, -0.2) is 12.1 Å². The molecule has 1 aliphatic rings. The Bertz CT molecular complexity index is 386. The van der Waals surface area contributed by atoms with Crippen LogP contribution in [0.2, 0.25) is 0 Å². The summed E-state index contributed by atoms with van der Waals surface area (Å²) in [5, 5.41) is 0. The van der Waals surface area contributed by atoms with Crippen LogP contribution in [0.1, 0.15) is 31.2 Å². The van der Waals surface area contributed by atoms with E-state index in [1.54, 1.807) is 6.07 Å². The van der Waals surface area contributed by atoms with E-state index in [4.69, 9.17) is 10.5 Å². The van der Waals surface area contributed by atoms with Crippen LogP contribution in [0.3, 0.4) is 0 Å². The second-order valence-electron chi connectivity index (χ2n) is 4.57. The molecule has 0 radical (unpaired) electrons. The quantitative estimate of drug-likeness (QED) is 0.929. The van der Waals surface area contributed by atoms with E-state index in [2.05, 4.69) is 15.9 Å². The zero-order valence-electron chi connectivity index (χ0n) is 9.66. The summed E-state index contributed by atoms with van der Waals surface area (Å²) >= 11 is 3.24. The van der Waals surface area contributed by atoms with E-state index in [0.29, 0.717) is 11.1 Å². The van der Waals surface area contributed by atoms with Crippen molar-refractivity contribution < 1.29 is 9.13 Å². The molecule has 0 amide bonds. The van der Waals surface area contributed by atoms with Crippen LogP contribution in [0.4, 0.5) is 4.39 Å². The van der Waals surface area contributed by atoms with E-state index in [9.17, 15) is 4.39 Å². The van der Waals surface area contributed by atoms with Crippen LogP contribution in [0, 0.1) is 5.82 Å². The second-order valence-corrected chi connectivity index (χ2v) is 5.37. The summed E-state index contributed by atoms with van der Waals surface area (Å²) in [5.41, 5.74) is 6.75. The van der Waals surface area contributed by atoms with Crippen molar-refractivity contribution in [3.8, 4) is 0 Å². The Labute approximate surface area is 109 Å². The van der Waals surface area contributed by atoms with Crippen LogP contribution in [0.15, 0.2) is 22.7 Å². The standard InChI is InChI=1S/C13H17BrFNO/c14-13-9(3-1-6-12(13)15)8-17-11-5-2-4-10(16)7-11/h1,3,6,10-11H,2,4-5,7-8,16H2. The van der Waals surface area contributed by atoms with Gasteiger partial charge in [-0.1, -0.05) is 12.1 Å². The fraction of sp³-hybridized carbons (Fsp3) is 0.538. The SMILES string of the molecule is NC1CCCC(OCc2cccc(F)c2Br)C1. The minimum atomic E-state index is -0.244. The summed E-state index contributed by atoms with van der Waals surface area (Å²) in [4.78, 5) is 0. The number of rotatable bonds is 3. The van der Waals surface area contributed by atoms with E-state index >= 15 is 0 Å². The van der Waals surface area contributed by atoms with Crippen molar-refractivity contribution in [2.75, 3.05) is 0 Å². The molecule has 0 saturated heterocycles. The van der Waals surface area contributed by atoms with Gasteiger partial charge in [0.25, 0.3) is 0 Å². The Kier molecular flexibility index (Phi) is 4.54. The minimum absolute atomic E-state index is 0.217. The zero-order valence-corrected chi connectivity index (χ0v) is 11.2. The van der Waals surface area contributed by atoms with Gasteiger partial charge in [0, 0.05) is 6.04 Å². The number of hydrogen-bond acceptors (Lipinski definition) is 2. The number of nitrogens with two attached hydrogens (primary N) is 1. The Morgan fingerprint density at radius 1 is 1.41 bits per heavy atom. The smallest absolute Gasteiger partial charge is 0.137 e. The van der Waals surface area contributed by atoms with Crippen LogP contribution in [0.25, 0.3) is 0 Å². The van der Waals surface area contributed by atoms with Gasteiger partial charge >= 0.3 is 0 Å². The molecule has 2 nitrogen and oxygen atoms in total. The molecule has 0 heterocycles. The highest BCUT2D eigenvalue weighted by Crippen LogP contribution is 2.24. The first-order chi connectivity index (χ1) is 8.16. The van der Waals surface area contributed by atoms with Gasteiger partial charge in [0.05, 0.1) is 17.2 Å². The first-order valence-corrected chi connectivity index (χ1v) is 6.76. The highest BCUT2D eigenvalue weighted by atomic mass is 79.9. The van der Waals surface area contributed by atoms with Gasteiger partial charge in [-0.05, 0) is 53.2 Å². The molecule has 0 aromatic heterocycles. The molecular formula is C13H17BrFNO. The summed E-state index contributed by atoms with van der Waals surface area (Å²) in [5.74, 6) is -0.244. The molecule has 0 bridgehead atoms. The Morgan fingerprint density at radius 2 is 2.24 bits per heavy atom. The molecule has 0 aliphatic heterocycles. The van der Waals surface area contributed by atoms with Crippen LogP contribution in [0.5, 0.6) is 0 Å². The van der Waals surface area contributed by atoms with Gasteiger partial charge in [0.15, 0.2) is 0 Å². The van der Waals surface area contributed by atoms with E-state index in [1.165, 1.54) is 6.07 Å². The Hall–Kier alpha value is -0.450. The third kappa shape index (κ3) is 3.50. The number of benzene rings is 1. The maximum absolute atomic E-state index is 13.3. The molecular weight excluding hydrogens is 285 g/mol. The van der Waals surface area contributed by atoms with Gasteiger partial charge in [0.1, 0.15) is 5.82 Å². The van der Waals surface area contributed by atoms with Crippen molar-refractivity contribution in [1.29, 1.82) is 0 Å². The Morgan fingerprint density at radius 3 is 3.00 bits per heavy atom.